The van der Waals surface area contributed by atoms with Gasteiger partial charge in [0.2, 0.25) is 11.7 Å². The molecule has 0 radical (unpaired) electrons. The van der Waals surface area contributed by atoms with E-state index >= 15 is 0 Å². The summed E-state index contributed by atoms with van der Waals surface area (Å²) < 4.78 is 60.5. The van der Waals surface area contributed by atoms with Gasteiger partial charge in [0.25, 0.3) is 5.91 Å². The number of carbonyl (C=O) groups excluding carboxylic acids is 2. The normalized spacial score (nSPS) is 12.1. The second-order valence-electron chi connectivity index (χ2n) is 9.52. The Bertz CT molecular complexity index is 1720. The van der Waals surface area contributed by atoms with Gasteiger partial charge in [0.15, 0.2) is 5.76 Å². The zero-order valence-electron chi connectivity index (χ0n) is 22.6. The molecule has 1 atom stereocenters. The first-order valence-corrected chi connectivity index (χ1v) is 13.0. The molecule has 1 unspecified atom stereocenters. The molecule has 0 fully saturated rings. The van der Waals surface area contributed by atoms with E-state index in [0.29, 0.717) is 11.5 Å². The third-order valence-corrected chi connectivity index (χ3v) is 6.41. The standard InChI is InChI=1S/C30H24F4N6O3/c1-19-10-15-25(43-19)28-36-38-39(37-28)18-26(41)40(24-9-5-8-22(16-24)30(32,33)34)27(21-11-13-23(31)14-12-21)29(42)35-17-20-6-3-2-4-7-20/h2-16,27H,17-18H2,1H3,(H,35,42). The van der Waals surface area contributed by atoms with Crippen molar-refractivity contribution in [1.82, 2.24) is 25.5 Å². The summed E-state index contributed by atoms with van der Waals surface area (Å²) >= 11 is 0. The molecule has 0 aliphatic rings. The van der Waals surface area contributed by atoms with Gasteiger partial charge in [-0.25, -0.2) is 4.39 Å². The summed E-state index contributed by atoms with van der Waals surface area (Å²) in [6.45, 7) is 1.20. The molecule has 0 saturated heterocycles. The van der Waals surface area contributed by atoms with E-state index < -0.39 is 42.0 Å². The number of furan rings is 1. The van der Waals surface area contributed by atoms with E-state index in [1.54, 1.807) is 49.4 Å². The minimum atomic E-state index is -4.73. The summed E-state index contributed by atoms with van der Waals surface area (Å²) in [5.41, 5.74) is -0.333. The van der Waals surface area contributed by atoms with Crippen LogP contribution in [0.4, 0.5) is 23.2 Å². The summed E-state index contributed by atoms with van der Waals surface area (Å²) in [5.74, 6) is -1.15. The lowest BCUT2D eigenvalue weighted by Crippen LogP contribution is -2.45. The Morgan fingerprint density at radius 1 is 0.977 bits per heavy atom. The number of hydrogen-bond donors (Lipinski definition) is 1. The molecule has 1 N–H and O–H groups in total. The van der Waals surface area contributed by atoms with Crippen molar-refractivity contribution in [2.24, 2.45) is 0 Å². The molecular weight excluding hydrogens is 568 g/mol. The third kappa shape index (κ3) is 6.94. The van der Waals surface area contributed by atoms with Crippen LogP contribution in [0.2, 0.25) is 0 Å². The van der Waals surface area contributed by atoms with Crippen LogP contribution in [0.1, 0.15) is 28.5 Å². The quantitative estimate of drug-likeness (QED) is 0.227. The molecule has 2 amide bonds. The molecular formula is C30H24F4N6O3. The largest absolute Gasteiger partial charge is 0.458 e. The van der Waals surface area contributed by atoms with Crippen LogP contribution in [0.25, 0.3) is 11.6 Å². The summed E-state index contributed by atoms with van der Waals surface area (Å²) in [6.07, 6.45) is -4.73. The predicted octanol–water partition coefficient (Wildman–Crippen LogP) is 5.49. The number of alkyl halides is 3. The molecule has 0 aliphatic heterocycles. The number of carbonyl (C=O) groups is 2. The number of anilines is 1. The first-order chi connectivity index (χ1) is 20.6. The highest BCUT2D eigenvalue weighted by Gasteiger charge is 2.36. The maximum absolute atomic E-state index is 13.9. The molecule has 0 saturated carbocycles. The van der Waals surface area contributed by atoms with Crippen LogP contribution in [-0.4, -0.2) is 32.0 Å². The summed E-state index contributed by atoms with van der Waals surface area (Å²) in [4.78, 5) is 29.5. The smallest absolute Gasteiger partial charge is 0.416 e. The van der Waals surface area contributed by atoms with Crippen LogP contribution in [-0.2, 0) is 28.9 Å². The summed E-state index contributed by atoms with van der Waals surface area (Å²) in [7, 11) is 0. The maximum atomic E-state index is 13.9. The Morgan fingerprint density at radius 2 is 1.72 bits per heavy atom. The van der Waals surface area contributed by atoms with Crippen LogP contribution in [0.3, 0.4) is 0 Å². The van der Waals surface area contributed by atoms with Crippen molar-refractivity contribution in [2.75, 3.05) is 4.90 Å². The van der Waals surface area contributed by atoms with E-state index in [9.17, 15) is 27.2 Å². The molecule has 5 aromatic rings. The molecule has 220 valence electrons. The zero-order valence-corrected chi connectivity index (χ0v) is 22.6. The summed E-state index contributed by atoms with van der Waals surface area (Å²) in [6, 6.07) is 19.5. The number of aryl methyl sites for hydroxylation is 1. The average molecular weight is 593 g/mol. The van der Waals surface area contributed by atoms with E-state index in [2.05, 4.69) is 20.7 Å². The Kier molecular flexibility index (Phi) is 8.32. The van der Waals surface area contributed by atoms with Gasteiger partial charge >= 0.3 is 6.18 Å². The predicted molar refractivity (Wildman–Crippen MR) is 147 cm³/mol. The Hall–Kier alpha value is -5.33. The van der Waals surface area contributed by atoms with Crippen molar-refractivity contribution in [1.29, 1.82) is 0 Å². The Balaban J connectivity index is 1.55. The number of aromatic nitrogens is 4. The molecule has 0 aliphatic carbocycles. The first-order valence-electron chi connectivity index (χ1n) is 13.0. The molecule has 5 rings (SSSR count). The van der Waals surface area contributed by atoms with E-state index in [1.165, 1.54) is 18.2 Å². The zero-order chi connectivity index (χ0) is 30.6. The number of tetrazole rings is 1. The lowest BCUT2D eigenvalue weighted by atomic mass is 10.0. The fourth-order valence-corrected chi connectivity index (χ4v) is 4.37. The van der Waals surface area contributed by atoms with E-state index in [0.717, 1.165) is 45.6 Å². The molecule has 0 bridgehead atoms. The fourth-order valence-electron chi connectivity index (χ4n) is 4.37. The highest BCUT2D eigenvalue weighted by Crippen LogP contribution is 2.35. The van der Waals surface area contributed by atoms with Gasteiger partial charge in [-0.1, -0.05) is 48.5 Å². The van der Waals surface area contributed by atoms with Crippen LogP contribution in [0.15, 0.2) is 95.4 Å². The number of hydrogen-bond acceptors (Lipinski definition) is 6. The second kappa shape index (κ2) is 12.3. The number of benzene rings is 3. The molecule has 9 nitrogen and oxygen atoms in total. The first kappa shape index (κ1) is 29.2. The Labute approximate surface area is 242 Å². The number of rotatable bonds is 9. The van der Waals surface area contributed by atoms with E-state index in [4.69, 9.17) is 4.42 Å². The minimum Gasteiger partial charge on any atom is -0.458 e. The van der Waals surface area contributed by atoms with Crippen LogP contribution < -0.4 is 10.2 Å². The van der Waals surface area contributed by atoms with Crippen molar-refractivity contribution < 1.29 is 31.6 Å². The number of nitrogens with zero attached hydrogens (tertiary/aromatic N) is 5. The highest BCUT2D eigenvalue weighted by molar-refractivity contribution is 6.01. The lowest BCUT2D eigenvalue weighted by molar-refractivity contribution is -0.137. The monoisotopic (exact) mass is 592 g/mol. The van der Waals surface area contributed by atoms with Gasteiger partial charge in [-0.05, 0) is 65.7 Å². The van der Waals surface area contributed by atoms with Crippen molar-refractivity contribution in [3.63, 3.8) is 0 Å². The highest BCUT2D eigenvalue weighted by atomic mass is 19.4. The molecule has 43 heavy (non-hydrogen) atoms. The second-order valence-corrected chi connectivity index (χ2v) is 9.52. The Morgan fingerprint density at radius 3 is 2.40 bits per heavy atom. The van der Waals surface area contributed by atoms with E-state index in [-0.39, 0.29) is 23.6 Å². The van der Waals surface area contributed by atoms with Crippen LogP contribution >= 0.6 is 0 Å². The molecule has 13 heteroatoms. The van der Waals surface area contributed by atoms with Gasteiger partial charge in [-0.2, -0.15) is 18.0 Å². The van der Waals surface area contributed by atoms with Gasteiger partial charge in [-0.15, -0.1) is 10.2 Å². The van der Waals surface area contributed by atoms with Crippen molar-refractivity contribution >= 4 is 17.5 Å². The van der Waals surface area contributed by atoms with Gasteiger partial charge in [0.05, 0.1) is 5.56 Å². The number of amides is 2. The average Bonchev–Trinajstić information content (AvgIpc) is 3.64. The molecule has 0 spiro atoms. The molecule has 2 aromatic heterocycles. The van der Waals surface area contributed by atoms with Gasteiger partial charge in [0, 0.05) is 12.2 Å². The van der Waals surface area contributed by atoms with Crippen LogP contribution in [0.5, 0.6) is 0 Å². The van der Waals surface area contributed by atoms with Gasteiger partial charge in [-0.3, -0.25) is 14.5 Å². The van der Waals surface area contributed by atoms with Gasteiger partial charge < -0.3 is 9.73 Å². The molecule has 2 heterocycles. The van der Waals surface area contributed by atoms with E-state index in [1.807, 2.05) is 0 Å². The van der Waals surface area contributed by atoms with Crippen molar-refractivity contribution in [3.05, 3.63) is 119 Å². The topological polar surface area (TPSA) is 106 Å². The van der Waals surface area contributed by atoms with Crippen LogP contribution in [0, 0.1) is 12.7 Å². The number of halogens is 4. The summed E-state index contributed by atoms with van der Waals surface area (Å²) in [5, 5.41) is 14.7. The lowest BCUT2D eigenvalue weighted by Gasteiger charge is -2.32. The minimum absolute atomic E-state index is 0.0680. The van der Waals surface area contributed by atoms with Crippen molar-refractivity contribution in [2.45, 2.75) is 32.2 Å². The van der Waals surface area contributed by atoms with Crippen molar-refractivity contribution in [3.8, 4) is 11.6 Å². The maximum Gasteiger partial charge on any atom is 0.416 e. The SMILES string of the molecule is Cc1ccc(-c2nnn(CC(=O)N(c3cccc(C(F)(F)F)c3)C(C(=O)NCc3ccccc3)c3ccc(F)cc3)n2)o1. The number of nitrogens with one attached hydrogen (secondary N) is 1. The fraction of sp³-hybridized carbons (Fsp3) is 0.167. The molecule has 3 aromatic carbocycles. The van der Waals surface area contributed by atoms with Gasteiger partial charge in [0.1, 0.15) is 24.2 Å². The third-order valence-electron chi connectivity index (χ3n) is 6.41.